The van der Waals surface area contributed by atoms with Gasteiger partial charge in [0, 0.05) is 22.0 Å². The molecule has 0 aliphatic heterocycles. The molecule has 146 valence electrons. The molecule has 1 amide bonds. The van der Waals surface area contributed by atoms with Crippen molar-refractivity contribution >= 4 is 34.3 Å². The zero-order valence-electron chi connectivity index (χ0n) is 16.0. The van der Waals surface area contributed by atoms with E-state index >= 15 is 0 Å². The Hall–Kier alpha value is -3.03. The highest BCUT2D eigenvalue weighted by Gasteiger charge is 2.14. The van der Waals surface area contributed by atoms with Crippen LogP contribution in [0, 0.1) is 13.8 Å². The van der Waals surface area contributed by atoms with Crippen LogP contribution in [-0.4, -0.2) is 15.9 Å². The number of aromatic nitrogens is 2. The van der Waals surface area contributed by atoms with Crippen LogP contribution in [-0.2, 0) is 6.61 Å². The molecule has 0 bridgehead atoms. The Kier molecular flexibility index (Phi) is 5.69. The molecule has 0 aliphatic rings. The maximum atomic E-state index is 12.9. The quantitative estimate of drug-likeness (QED) is 0.433. The molecule has 2 aromatic carbocycles. The highest BCUT2D eigenvalue weighted by molar-refractivity contribution is 7.10. The predicted octanol–water partition coefficient (Wildman–Crippen LogP) is 5.71. The van der Waals surface area contributed by atoms with Gasteiger partial charge in [0.05, 0.1) is 27.0 Å². The van der Waals surface area contributed by atoms with Crippen LogP contribution in [0.4, 0.5) is 5.69 Å². The largest absolute Gasteiger partial charge is 0.486 e. The van der Waals surface area contributed by atoms with Crippen molar-refractivity contribution in [2.75, 3.05) is 5.32 Å². The van der Waals surface area contributed by atoms with E-state index in [9.17, 15) is 4.79 Å². The number of para-hydroxylation sites is 1. The standard InChI is InChI=1S/C22H19N3O2S2/c1-14-23-18(12-28-14)11-27-21-9-4-3-8-19(21)22(26)25-17-7-5-6-16(10-17)20-13-29-15(2)24-20/h3-10,12-13H,11H2,1-2H3,(H,25,26). The normalized spacial score (nSPS) is 10.7. The Morgan fingerprint density at radius 3 is 2.55 bits per heavy atom. The second kappa shape index (κ2) is 8.55. The van der Waals surface area contributed by atoms with Gasteiger partial charge in [-0.05, 0) is 38.1 Å². The summed E-state index contributed by atoms with van der Waals surface area (Å²) in [5, 5.41) is 8.94. The fourth-order valence-corrected chi connectivity index (χ4v) is 4.08. The molecule has 5 nitrogen and oxygen atoms in total. The third-order valence-electron chi connectivity index (χ3n) is 4.21. The van der Waals surface area contributed by atoms with E-state index in [-0.39, 0.29) is 5.91 Å². The molecule has 29 heavy (non-hydrogen) atoms. The monoisotopic (exact) mass is 421 g/mol. The van der Waals surface area contributed by atoms with E-state index in [1.165, 1.54) is 0 Å². The molecule has 7 heteroatoms. The number of aryl methyl sites for hydroxylation is 2. The van der Waals surface area contributed by atoms with Gasteiger partial charge in [-0.3, -0.25) is 4.79 Å². The van der Waals surface area contributed by atoms with Gasteiger partial charge in [-0.2, -0.15) is 0 Å². The van der Waals surface area contributed by atoms with Crippen molar-refractivity contribution in [3.63, 3.8) is 0 Å². The summed E-state index contributed by atoms with van der Waals surface area (Å²) in [6.07, 6.45) is 0. The molecule has 0 spiro atoms. The summed E-state index contributed by atoms with van der Waals surface area (Å²) >= 11 is 3.18. The summed E-state index contributed by atoms with van der Waals surface area (Å²) < 4.78 is 5.87. The first-order chi connectivity index (χ1) is 14.1. The summed E-state index contributed by atoms with van der Waals surface area (Å²) in [6.45, 7) is 4.26. The molecule has 0 saturated heterocycles. The fraction of sp³-hybridized carbons (Fsp3) is 0.136. The van der Waals surface area contributed by atoms with Gasteiger partial charge in [-0.15, -0.1) is 22.7 Å². The highest BCUT2D eigenvalue weighted by Crippen LogP contribution is 2.26. The first kappa shape index (κ1) is 19.3. The Labute approximate surface area is 177 Å². The van der Waals surface area contributed by atoms with Crippen LogP contribution in [0.2, 0.25) is 0 Å². The smallest absolute Gasteiger partial charge is 0.259 e. The average molecular weight is 422 g/mol. The lowest BCUT2D eigenvalue weighted by molar-refractivity contribution is 0.102. The molecule has 2 aromatic heterocycles. The molecular formula is C22H19N3O2S2. The van der Waals surface area contributed by atoms with E-state index in [2.05, 4.69) is 15.3 Å². The van der Waals surface area contributed by atoms with Gasteiger partial charge in [0.15, 0.2) is 0 Å². The third kappa shape index (κ3) is 4.70. The van der Waals surface area contributed by atoms with E-state index in [0.29, 0.717) is 23.6 Å². The minimum absolute atomic E-state index is 0.221. The van der Waals surface area contributed by atoms with Crippen molar-refractivity contribution in [2.45, 2.75) is 20.5 Å². The molecule has 1 N–H and O–H groups in total. The maximum absolute atomic E-state index is 12.9. The lowest BCUT2D eigenvalue weighted by atomic mass is 10.1. The van der Waals surface area contributed by atoms with Crippen molar-refractivity contribution in [1.82, 2.24) is 9.97 Å². The van der Waals surface area contributed by atoms with Crippen molar-refractivity contribution in [3.8, 4) is 17.0 Å². The van der Waals surface area contributed by atoms with Gasteiger partial charge in [0.25, 0.3) is 5.91 Å². The molecule has 0 aliphatic carbocycles. The molecule has 0 fully saturated rings. The summed E-state index contributed by atoms with van der Waals surface area (Å²) in [6, 6.07) is 14.9. The SMILES string of the molecule is Cc1nc(COc2ccccc2C(=O)Nc2cccc(-c3csc(C)n3)c2)cs1. The van der Waals surface area contributed by atoms with Crippen molar-refractivity contribution in [1.29, 1.82) is 0 Å². The van der Waals surface area contributed by atoms with Crippen LogP contribution >= 0.6 is 22.7 Å². The van der Waals surface area contributed by atoms with Crippen LogP contribution in [0.15, 0.2) is 59.3 Å². The minimum Gasteiger partial charge on any atom is -0.486 e. The number of carbonyl (C=O) groups is 1. The van der Waals surface area contributed by atoms with Gasteiger partial charge < -0.3 is 10.1 Å². The van der Waals surface area contributed by atoms with Gasteiger partial charge in [-0.25, -0.2) is 9.97 Å². The van der Waals surface area contributed by atoms with Crippen LogP contribution < -0.4 is 10.1 Å². The number of hydrogen-bond acceptors (Lipinski definition) is 6. The van der Waals surface area contributed by atoms with Crippen molar-refractivity contribution < 1.29 is 9.53 Å². The zero-order valence-corrected chi connectivity index (χ0v) is 17.6. The number of anilines is 1. The van der Waals surface area contributed by atoms with Crippen LogP contribution in [0.25, 0.3) is 11.3 Å². The highest BCUT2D eigenvalue weighted by atomic mass is 32.1. The lowest BCUT2D eigenvalue weighted by Gasteiger charge is -2.11. The topological polar surface area (TPSA) is 64.1 Å². The number of benzene rings is 2. The van der Waals surface area contributed by atoms with E-state index in [0.717, 1.165) is 27.0 Å². The minimum atomic E-state index is -0.221. The molecule has 2 heterocycles. The Morgan fingerprint density at radius 1 is 1.00 bits per heavy atom. The lowest BCUT2D eigenvalue weighted by Crippen LogP contribution is -2.13. The van der Waals surface area contributed by atoms with Crippen LogP contribution in [0.1, 0.15) is 26.1 Å². The van der Waals surface area contributed by atoms with E-state index in [4.69, 9.17) is 4.74 Å². The first-order valence-corrected chi connectivity index (χ1v) is 10.8. The fourth-order valence-electron chi connectivity index (χ4n) is 2.86. The Morgan fingerprint density at radius 2 is 1.79 bits per heavy atom. The summed E-state index contributed by atoms with van der Waals surface area (Å²) in [5.41, 5.74) is 3.92. The van der Waals surface area contributed by atoms with Gasteiger partial charge >= 0.3 is 0 Å². The Bertz CT molecular complexity index is 1150. The number of amides is 1. The number of nitrogens with one attached hydrogen (secondary N) is 1. The van der Waals surface area contributed by atoms with Crippen molar-refractivity contribution in [2.24, 2.45) is 0 Å². The summed E-state index contributed by atoms with van der Waals surface area (Å²) in [7, 11) is 0. The van der Waals surface area contributed by atoms with E-state index < -0.39 is 0 Å². The molecule has 0 saturated carbocycles. The molecule has 4 rings (SSSR count). The number of hydrogen-bond donors (Lipinski definition) is 1. The number of ether oxygens (including phenoxy) is 1. The van der Waals surface area contributed by atoms with Crippen LogP contribution in [0.5, 0.6) is 5.75 Å². The summed E-state index contributed by atoms with van der Waals surface area (Å²) in [4.78, 5) is 21.8. The van der Waals surface area contributed by atoms with Gasteiger partial charge in [0.1, 0.15) is 12.4 Å². The number of nitrogens with zero attached hydrogens (tertiary/aromatic N) is 2. The second-order valence-electron chi connectivity index (χ2n) is 6.43. The van der Waals surface area contributed by atoms with E-state index in [1.807, 2.05) is 61.0 Å². The zero-order chi connectivity index (χ0) is 20.2. The van der Waals surface area contributed by atoms with Crippen LogP contribution in [0.3, 0.4) is 0 Å². The maximum Gasteiger partial charge on any atom is 0.259 e. The predicted molar refractivity (Wildman–Crippen MR) is 118 cm³/mol. The molecule has 0 unspecified atom stereocenters. The number of thiazole rings is 2. The third-order valence-corrected chi connectivity index (χ3v) is 5.80. The molecule has 0 atom stereocenters. The van der Waals surface area contributed by atoms with Gasteiger partial charge in [-0.1, -0.05) is 24.3 Å². The second-order valence-corrected chi connectivity index (χ2v) is 8.55. The number of carbonyl (C=O) groups excluding carboxylic acids is 1. The summed E-state index contributed by atoms with van der Waals surface area (Å²) in [5.74, 6) is 0.309. The molecule has 0 radical (unpaired) electrons. The number of rotatable bonds is 6. The molecule has 4 aromatic rings. The first-order valence-electron chi connectivity index (χ1n) is 9.05. The average Bonchev–Trinajstić information content (AvgIpc) is 3.35. The van der Waals surface area contributed by atoms with E-state index in [1.54, 1.807) is 34.8 Å². The van der Waals surface area contributed by atoms with Gasteiger partial charge in [0.2, 0.25) is 0 Å². The molecular weight excluding hydrogens is 402 g/mol. The Balaban J connectivity index is 1.50. The van der Waals surface area contributed by atoms with Crippen molar-refractivity contribution in [3.05, 3.63) is 80.6 Å².